The van der Waals surface area contributed by atoms with Crippen LogP contribution in [0.2, 0.25) is 0 Å². The van der Waals surface area contributed by atoms with E-state index in [1.807, 2.05) is 11.4 Å². The van der Waals surface area contributed by atoms with E-state index in [9.17, 15) is 0 Å². The Hall–Kier alpha value is -0.960. The van der Waals surface area contributed by atoms with E-state index in [1.54, 1.807) is 6.07 Å². The summed E-state index contributed by atoms with van der Waals surface area (Å²) in [6, 6.07) is 3.80. The Labute approximate surface area is 74.2 Å². The van der Waals surface area contributed by atoms with Gasteiger partial charge in [0.05, 0.1) is 5.88 Å². The van der Waals surface area contributed by atoms with Gasteiger partial charge in [0.1, 0.15) is 10.9 Å². The number of rotatable bonds is 0. The van der Waals surface area contributed by atoms with Gasteiger partial charge in [-0.05, 0) is 6.07 Å². The van der Waals surface area contributed by atoms with E-state index in [0.29, 0.717) is 10.8 Å². The molecular formula is C8H4ClNS. The number of hydrogen-bond acceptors (Lipinski definition) is 2. The first-order valence-corrected chi connectivity index (χ1v) is 4.31. The van der Waals surface area contributed by atoms with Gasteiger partial charge in [0, 0.05) is 10.9 Å². The zero-order chi connectivity index (χ0) is 8.10. The number of hydrogen-bond donors (Lipinski definition) is 0. The van der Waals surface area contributed by atoms with Crippen molar-refractivity contribution in [2.24, 2.45) is 0 Å². The van der Waals surface area contributed by atoms with Crippen LogP contribution in [0.25, 0.3) is 0 Å². The van der Waals surface area contributed by atoms with Gasteiger partial charge >= 0.3 is 0 Å². The fourth-order valence-corrected chi connectivity index (χ4v) is 1.29. The lowest BCUT2D eigenvalue weighted by atomic mass is 10.3. The summed E-state index contributed by atoms with van der Waals surface area (Å²) in [5.41, 5.74) is 0.868. The van der Waals surface area contributed by atoms with Crippen molar-refractivity contribution >= 4 is 22.9 Å². The summed E-state index contributed by atoms with van der Waals surface area (Å²) in [4.78, 5) is 0.684. The molecule has 0 fully saturated rings. The number of nitriles is 1. The Morgan fingerprint density at radius 3 is 3.00 bits per heavy atom. The molecule has 0 aliphatic rings. The molecule has 0 aliphatic heterocycles. The average molecular weight is 182 g/mol. The van der Waals surface area contributed by atoms with E-state index >= 15 is 0 Å². The first-order valence-electron chi connectivity index (χ1n) is 2.90. The van der Waals surface area contributed by atoms with Gasteiger partial charge in [-0.25, -0.2) is 0 Å². The molecule has 1 nitrogen and oxygen atoms in total. The van der Waals surface area contributed by atoms with Gasteiger partial charge in [0.15, 0.2) is 0 Å². The summed E-state index contributed by atoms with van der Waals surface area (Å²) < 4.78 is 0. The van der Waals surface area contributed by atoms with Crippen molar-refractivity contribution in [2.45, 2.75) is 0 Å². The molecule has 1 aromatic rings. The van der Waals surface area contributed by atoms with Gasteiger partial charge in [-0.1, -0.05) is 11.8 Å². The normalized spacial score (nSPS) is 8.00. The van der Waals surface area contributed by atoms with E-state index < -0.39 is 0 Å². The molecule has 1 rings (SSSR count). The van der Waals surface area contributed by atoms with E-state index in [0.717, 1.165) is 5.56 Å². The predicted octanol–water partition coefficient (Wildman–Crippen LogP) is 2.21. The molecule has 11 heavy (non-hydrogen) atoms. The molecule has 0 N–H and O–H groups in total. The monoisotopic (exact) mass is 181 g/mol. The van der Waals surface area contributed by atoms with Gasteiger partial charge in [0.2, 0.25) is 0 Å². The van der Waals surface area contributed by atoms with Gasteiger partial charge < -0.3 is 0 Å². The van der Waals surface area contributed by atoms with Crippen molar-refractivity contribution in [1.82, 2.24) is 0 Å². The Balaban J connectivity index is 2.83. The Kier molecular flexibility index (Phi) is 2.98. The zero-order valence-electron chi connectivity index (χ0n) is 5.60. The number of halogens is 1. The lowest BCUT2D eigenvalue weighted by Gasteiger charge is -1.72. The van der Waals surface area contributed by atoms with Crippen molar-refractivity contribution in [3.63, 3.8) is 0 Å². The number of nitrogens with zero attached hydrogens (tertiary/aromatic N) is 1. The highest BCUT2D eigenvalue weighted by atomic mass is 35.5. The maximum Gasteiger partial charge on any atom is 0.110 e. The smallest absolute Gasteiger partial charge is 0.110 e. The minimum Gasteiger partial charge on any atom is -0.192 e. The van der Waals surface area contributed by atoms with Gasteiger partial charge in [-0.15, -0.1) is 22.9 Å². The number of alkyl halides is 1. The van der Waals surface area contributed by atoms with E-state index in [4.69, 9.17) is 16.9 Å². The molecule has 3 heteroatoms. The first-order chi connectivity index (χ1) is 5.36. The second-order valence-corrected chi connectivity index (χ2v) is 2.93. The lowest BCUT2D eigenvalue weighted by Crippen LogP contribution is -1.65. The van der Waals surface area contributed by atoms with Crippen LogP contribution < -0.4 is 0 Å². The third-order valence-electron chi connectivity index (χ3n) is 1.01. The predicted molar refractivity (Wildman–Crippen MR) is 46.6 cm³/mol. The molecule has 0 unspecified atom stereocenters. The molecule has 0 radical (unpaired) electrons. The maximum atomic E-state index is 8.46. The van der Waals surface area contributed by atoms with Crippen LogP contribution in [-0.4, -0.2) is 5.88 Å². The zero-order valence-corrected chi connectivity index (χ0v) is 7.17. The fraction of sp³-hybridized carbons (Fsp3) is 0.125. The van der Waals surface area contributed by atoms with E-state index in [2.05, 4.69) is 11.8 Å². The van der Waals surface area contributed by atoms with Crippen LogP contribution in [0.3, 0.4) is 0 Å². The largest absolute Gasteiger partial charge is 0.192 e. The number of thiophene rings is 1. The van der Waals surface area contributed by atoms with Gasteiger partial charge in [0.25, 0.3) is 0 Å². The Morgan fingerprint density at radius 1 is 1.64 bits per heavy atom. The molecule has 1 heterocycles. The molecular weight excluding hydrogens is 178 g/mol. The fourth-order valence-electron chi connectivity index (χ4n) is 0.596. The van der Waals surface area contributed by atoms with Crippen LogP contribution in [0, 0.1) is 23.2 Å². The summed E-state index contributed by atoms with van der Waals surface area (Å²) in [5.74, 6) is 5.87. The summed E-state index contributed by atoms with van der Waals surface area (Å²) in [7, 11) is 0. The molecule has 0 aromatic carbocycles. The van der Waals surface area contributed by atoms with Crippen molar-refractivity contribution in [1.29, 1.82) is 5.26 Å². The van der Waals surface area contributed by atoms with Crippen LogP contribution in [0.5, 0.6) is 0 Å². The maximum absolute atomic E-state index is 8.46. The third-order valence-corrected chi connectivity index (χ3v) is 1.98. The molecule has 0 spiro atoms. The average Bonchev–Trinajstić information content (AvgIpc) is 2.48. The van der Waals surface area contributed by atoms with Crippen LogP contribution in [0.4, 0.5) is 0 Å². The SMILES string of the molecule is N#Cc1cc(C#CCCl)cs1. The highest BCUT2D eigenvalue weighted by Crippen LogP contribution is 2.11. The molecule has 0 amide bonds. The van der Waals surface area contributed by atoms with E-state index in [-0.39, 0.29) is 0 Å². The standard InChI is InChI=1S/C8H4ClNS/c9-3-1-2-7-4-8(5-10)11-6-7/h4,6H,3H2. The Bertz CT molecular complexity index is 337. The lowest BCUT2D eigenvalue weighted by molar-refractivity contribution is 1.52. The van der Waals surface area contributed by atoms with Crippen molar-refractivity contribution in [3.8, 4) is 17.9 Å². The molecule has 1 aromatic heterocycles. The topological polar surface area (TPSA) is 23.8 Å². The third kappa shape index (κ3) is 2.27. The highest BCUT2D eigenvalue weighted by Gasteiger charge is 1.93. The molecule has 0 saturated heterocycles. The quantitative estimate of drug-likeness (QED) is 0.445. The van der Waals surface area contributed by atoms with Gasteiger partial charge in [-0.2, -0.15) is 5.26 Å². The van der Waals surface area contributed by atoms with Crippen molar-refractivity contribution in [2.75, 3.05) is 5.88 Å². The summed E-state index contributed by atoms with van der Waals surface area (Å²) >= 11 is 6.75. The molecule has 0 bridgehead atoms. The Morgan fingerprint density at radius 2 is 2.45 bits per heavy atom. The van der Waals surface area contributed by atoms with Gasteiger partial charge in [-0.3, -0.25) is 0 Å². The molecule has 54 valence electrons. The minimum atomic E-state index is 0.331. The van der Waals surface area contributed by atoms with Crippen LogP contribution in [0.1, 0.15) is 10.4 Å². The second kappa shape index (κ2) is 4.03. The van der Waals surface area contributed by atoms with E-state index in [1.165, 1.54) is 11.3 Å². The minimum absolute atomic E-state index is 0.331. The first kappa shape index (κ1) is 8.14. The van der Waals surface area contributed by atoms with Crippen molar-refractivity contribution in [3.05, 3.63) is 21.9 Å². The summed E-state index contributed by atoms with van der Waals surface area (Å²) in [5, 5.41) is 10.3. The highest BCUT2D eigenvalue weighted by molar-refractivity contribution is 7.10. The van der Waals surface area contributed by atoms with Crippen LogP contribution in [-0.2, 0) is 0 Å². The van der Waals surface area contributed by atoms with Crippen molar-refractivity contribution < 1.29 is 0 Å². The molecule has 0 atom stereocenters. The summed E-state index contributed by atoms with van der Waals surface area (Å²) in [6.07, 6.45) is 0. The molecule has 0 aliphatic carbocycles. The summed E-state index contributed by atoms with van der Waals surface area (Å²) in [6.45, 7) is 0. The van der Waals surface area contributed by atoms with Crippen LogP contribution in [0.15, 0.2) is 11.4 Å². The second-order valence-electron chi connectivity index (χ2n) is 1.75. The van der Waals surface area contributed by atoms with Crippen LogP contribution >= 0.6 is 22.9 Å². The molecule has 0 saturated carbocycles.